The Hall–Kier alpha value is -2.21. The molecule has 1 unspecified atom stereocenters. The SMILES string of the molecule is O=C(C=Cc1cccc([N+](=O)[O-])c1)NCC1CCCNC1. The molecule has 1 atom stereocenters. The molecule has 0 aliphatic carbocycles. The number of amides is 1. The van der Waals surface area contributed by atoms with Gasteiger partial charge in [-0.3, -0.25) is 14.9 Å². The van der Waals surface area contributed by atoms with Gasteiger partial charge in [-0.1, -0.05) is 12.1 Å². The number of nitro groups is 1. The van der Waals surface area contributed by atoms with Crippen molar-refractivity contribution in [3.63, 3.8) is 0 Å². The van der Waals surface area contributed by atoms with E-state index < -0.39 is 4.92 Å². The summed E-state index contributed by atoms with van der Waals surface area (Å²) in [4.78, 5) is 21.9. The fourth-order valence-corrected chi connectivity index (χ4v) is 2.32. The van der Waals surface area contributed by atoms with Crippen LogP contribution >= 0.6 is 0 Å². The standard InChI is InChI=1S/C15H19N3O3/c19-15(17-11-13-4-2-8-16-10-13)7-6-12-3-1-5-14(9-12)18(20)21/h1,3,5-7,9,13,16H,2,4,8,10-11H2,(H,17,19). The van der Waals surface area contributed by atoms with Crippen LogP contribution in [-0.2, 0) is 4.79 Å². The zero-order valence-corrected chi connectivity index (χ0v) is 11.7. The fourth-order valence-electron chi connectivity index (χ4n) is 2.32. The highest BCUT2D eigenvalue weighted by molar-refractivity contribution is 5.91. The first-order valence-corrected chi connectivity index (χ1v) is 7.06. The first-order chi connectivity index (χ1) is 10.1. The van der Waals surface area contributed by atoms with Crippen LogP contribution in [0.15, 0.2) is 30.3 Å². The maximum Gasteiger partial charge on any atom is 0.270 e. The summed E-state index contributed by atoms with van der Waals surface area (Å²) in [5.74, 6) is 0.306. The van der Waals surface area contributed by atoms with E-state index in [4.69, 9.17) is 0 Å². The number of benzene rings is 1. The number of nitro benzene ring substituents is 1. The van der Waals surface area contributed by atoms with Crippen molar-refractivity contribution in [2.45, 2.75) is 12.8 Å². The number of nitrogens with one attached hydrogen (secondary N) is 2. The lowest BCUT2D eigenvalue weighted by Gasteiger charge is -2.22. The molecule has 0 saturated carbocycles. The number of carbonyl (C=O) groups excluding carboxylic acids is 1. The zero-order valence-electron chi connectivity index (χ0n) is 11.7. The van der Waals surface area contributed by atoms with Gasteiger partial charge in [-0.15, -0.1) is 0 Å². The van der Waals surface area contributed by atoms with Gasteiger partial charge in [-0.25, -0.2) is 0 Å². The van der Waals surface area contributed by atoms with Crippen LogP contribution in [0, 0.1) is 16.0 Å². The van der Waals surface area contributed by atoms with Gasteiger partial charge in [0, 0.05) is 24.8 Å². The molecule has 1 aromatic carbocycles. The van der Waals surface area contributed by atoms with E-state index in [2.05, 4.69) is 10.6 Å². The smallest absolute Gasteiger partial charge is 0.270 e. The predicted molar refractivity (Wildman–Crippen MR) is 80.7 cm³/mol. The molecule has 1 fully saturated rings. The fraction of sp³-hybridized carbons (Fsp3) is 0.400. The molecule has 0 spiro atoms. The maximum atomic E-state index is 11.7. The van der Waals surface area contributed by atoms with Gasteiger partial charge in [0.25, 0.3) is 5.69 Å². The molecule has 1 aliphatic heterocycles. The summed E-state index contributed by atoms with van der Waals surface area (Å²) in [5.41, 5.74) is 0.657. The molecule has 1 heterocycles. The second-order valence-corrected chi connectivity index (χ2v) is 5.14. The van der Waals surface area contributed by atoms with Gasteiger partial charge in [0.05, 0.1) is 4.92 Å². The molecule has 0 bridgehead atoms. The lowest BCUT2D eigenvalue weighted by molar-refractivity contribution is -0.384. The summed E-state index contributed by atoms with van der Waals surface area (Å²) in [6, 6.07) is 6.19. The quantitative estimate of drug-likeness (QED) is 0.491. The summed E-state index contributed by atoms with van der Waals surface area (Å²) in [5, 5.41) is 16.8. The zero-order chi connectivity index (χ0) is 15.1. The largest absolute Gasteiger partial charge is 0.352 e. The molecule has 112 valence electrons. The van der Waals surface area contributed by atoms with Crippen LogP contribution in [0.1, 0.15) is 18.4 Å². The Morgan fingerprint density at radius 1 is 1.52 bits per heavy atom. The molecular formula is C15H19N3O3. The Bertz CT molecular complexity index is 537. The monoisotopic (exact) mass is 289 g/mol. The van der Waals surface area contributed by atoms with E-state index in [9.17, 15) is 14.9 Å². The van der Waals surface area contributed by atoms with Crippen molar-refractivity contribution in [3.05, 3.63) is 46.0 Å². The van der Waals surface area contributed by atoms with Crippen LogP contribution < -0.4 is 10.6 Å². The van der Waals surface area contributed by atoms with Gasteiger partial charge in [0.15, 0.2) is 0 Å². The highest BCUT2D eigenvalue weighted by Gasteiger charge is 2.12. The summed E-state index contributed by atoms with van der Waals surface area (Å²) in [6.07, 6.45) is 5.27. The molecule has 0 radical (unpaired) electrons. The van der Waals surface area contributed by atoms with Crippen molar-refractivity contribution < 1.29 is 9.72 Å². The van der Waals surface area contributed by atoms with E-state index >= 15 is 0 Å². The minimum Gasteiger partial charge on any atom is -0.352 e. The van der Waals surface area contributed by atoms with Gasteiger partial charge < -0.3 is 10.6 Å². The van der Waals surface area contributed by atoms with E-state index in [1.165, 1.54) is 18.2 Å². The molecule has 6 nitrogen and oxygen atoms in total. The molecule has 0 aromatic heterocycles. The Balaban J connectivity index is 1.83. The topological polar surface area (TPSA) is 84.3 Å². The van der Waals surface area contributed by atoms with Crippen molar-refractivity contribution in [3.8, 4) is 0 Å². The van der Waals surface area contributed by atoms with Gasteiger partial charge in [-0.2, -0.15) is 0 Å². The number of nitrogens with zero attached hydrogens (tertiary/aromatic N) is 1. The van der Waals surface area contributed by atoms with Crippen LogP contribution in [0.4, 0.5) is 5.69 Å². The summed E-state index contributed by atoms with van der Waals surface area (Å²) < 4.78 is 0. The average Bonchev–Trinajstić information content (AvgIpc) is 2.52. The molecule has 1 saturated heterocycles. The number of rotatable bonds is 5. The van der Waals surface area contributed by atoms with Gasteiger partial charge in [0.1, 0.15) is 0 Å². The lowest BCUT2D eigenvalue weighted by atomic mass is 10.00. The number of carbonyl (C=O) groups is 1. The van der Waals surface area contributed by atoms with Crippen molar-refractivity contribution in [1.82, 2.24) is 10.6 Å². The Kier molecular flexibility index (Phi) is 5.45. The van der Waals surface area contributed by atoms with E-state index in [1.54, 1.807) is 18.2 Å². The van der Waals surface area contributed by atoms with E-state index in [0.29, 0.717) is 18.0 Å². The second kappa shape index (κ2) is 7.54. The molecule has 1 amide bonds. The molecule has 6 heteroatoms. The number of hydrogen-bond acceptors (Lipinski definition) is 4. The molecule has 1 aromatic rings. The third-order valence-electron chi connectivity index (χ3n) is 3.47. The molecule has 2 rings (SSSR count). The molecule has 21 heavy (non-hydrogen) atoms. The lowest BCUT2D eigenvalue weighted by Crippen LogP contribution is -2.37. The number of hydrogen-bond donors (Lipinski definition) is 2. The Morgan fingerprint density at radius 3 is 3.10 bits per heavy atom. The summed E-state index contributed by atoms with van der Waals surface area (Å²) in [6.45, 7) is 2.65. The normalized spacial score (nSPS) is 18.6. The van der Waals surface area contributed by atoms with Crippen LogP contribution in [0.5, 0.6) is 0 Å². The van der Waals surface area contributed by atoms with Crippen molar-refractivity contribution >= 4 is 17.7 Å². The first kappa shape index (κ1) is 15.2. The van der Waals surface area contributed by atoms with Crippen molar-refractivity contribution in [2.75, 3.05) is 19.6 Å². The predicted octanol–water partition coefficient (Wildman–Crippen LogP) is 1.72. The van der Waals surface area contributed by atoms with E-state index in [-0.39, 0.29) is 11.6 Å². The highest BCUT2D eigenvalue weighted by Crippen LogP contribution is 2.14. The highest BCUT2D eigenvalue weighted by atomic mass is 16.6. The Morgan fingerprint density at radius 2 is 2.38 bits per heavy atom. The van der Waals surface area contributed by atoms with Crippen molar-refractivity contribution in [1.29, 1.82) is 0 Å². The molecule has 1 aliphatic rings. The molecule has 2 N–H and O–H groups in total. The summed E-state index contributed by atoms with van der Waals surface area (Å²) >= 11 is 0. The van der Waals surface area contributed by atoms with Crippen LogP contribution in [0.25, 0.3) is 6.08 Å². The van der Waals surface area contributed by atoms with E-state index in [0.717, 1.165) is 25.9 Å². The van der Waals surface area contributed by atoms with Gasteiger partial charge in [-0.05, 0) is 43.5 Å². The van der Waals surface area contributed by atoms with Crippen LogP contribution in [0.3, 0.4) is 0 Å². The minimum absolute atomic E-state index is 0.0193. The molecular weight excluding hydrogens is 270 g/mol. The maximum absolute atomic E-state index is 11.7. The van der Waals surface area contributed by atoms with Crippen LogP contribution in [-0.4, -0.2) is 30.5 Å². The van der Waals surface area contributed by atoms with Crippen molar-refractivity contribution in [2.24, 2.45) is 5.92 Å². The van der Waals surface area contributed by atoms with Gasteiger partial charge >= 0.3 is 0 Å². The number of piperidine rings is 1. The van der Waals surface area contributed by atoms with Crippen LogP contribution in [0.2, 0.25) is 0 Å². The average molecular weight is 289 g/mol. The third-order valence-corrected chi connectivity index (χ3v) is 3.47. The third kappa shape index (κ3) is 5.00. The number of non-ortho nitro benzene ring substituents is 1. The second-order valence-electron chi connectivity index (χ2n) is 5.14. The summed E-state index contributed by atoms with van der Waals surface area (Å²) in [7, 11) is 0. The Labute approximate surface area is 123 Å². The van der Waals surface area contributed by atoms with Gasteiger partial charge in [0.2, 0.25) is 5.91 Å². The first-order valence-electron chi connectivity index (χ1n) is 7.06. The minimum atomic E-state index is -0.451. The van der Waals surface area contributed by atoms with E-state index in [1.807, 2.05) is 0 Å².